The van der Waals surface area contributed by atoms with Gasteiger partial charge in [-0.3, -0.25) is 0 Å². The maximum absolute atomic E-state index is 5.88. The standard InChI is InChI=1S/C10H13N3O2/c1-6(2)8(11)10-13-12-9(15-10)7-4-3-5-14-7/h3-6,8H,11H2,1-2H3/t8-/m0/s1. The van der Waals surface area contributed by atoms with Crippen LogP contribution in [0.5, 0.6) is 0 Å². The summed E-state index contributed by atoms with van der Waals surface area (Å²) in [6, 6.07) is 3.29. The van der Waals surface area contributed by atoms with Gasteiger partial charge in [0.05, 0.1) is 12.3 Å². The van der Waals surface area contributed by atoms with Crippen molar-refractivity contribution in [1.29, 1.82) is 0 Å². The van der Waals surface area contributed by atoms with Crippen LogP contribution in [0.1, 0.15) is 25.8 Å². The van der Waals surface area contributed by atoms with Gasteiger partial charge in [0.1, 0.15) is 0 Å². The van der Waals surface area contributed by atoms with E-state index in [4.69, 9.17) is 14.6 Å². The Hall–Kier alpha value is -1.62. The molecule has 1 atom stereocenters. The van der Waals surface area contributed by atoms with Crippen LogP contribution in [0.4, 0.5) is 0 Å². The zero-order chi connectivity index (χ0) is 10.8. The van der Waals surface area contributed by atoms with Crippen molar-refractivity contribution in [3.8, 4) is 11.7 Å². The van der Waals surface area contributed by atoms with E-state index >= 15 is 0 Å². The second-order valence-electron chi connectivity index (χ2n) is 3.69. The molecule has 2 aromatic heterocycles. The van der Waals surface area contributed by atoms with Gasteiger partial charge in [-0.25, -0.2) is 0 Å². The summed E-state index contributed by atoms with van der Waals surface area (Å²) in [5.41, 5.74) is 5.88. The number of rotatable bonds is 3. The van der Waals surface area contributed by atoms with Gasteiger partial charge in [-0.1, -0.05) is 13.8 Å². The molecule has 0 fully saturated rings. The highest BCUT2D eigenvalue weighted by Crippen LogP contribution is 2.22. The smallest absolute Gasteiger partial charge is 0.283 e. The molecule has 0 spiro atoms. The van der Waals surface area contributed by atoms with Crippen LogP contribution in [-0.2, 0) is 0 Å². The lowest BCUT2D eigenvalue weighted by Gasteiger charge is -2.09. The molecule has 0 saturated carbocycles. The first-order valence-corrected chi connectivity index (χ1v) is 4.81. The lowest BCUT2D eigenvalue weighted by atomic mass is 10.1. The molecule has 0 unspecified atom stereocenters. The van der Waals surface area contributed by atoms with E-state index in [1.54, 1.807) is 18.4 Å². The molecule has 0 aliphatic heterocycles. The van der Waals surface area contributed by atoms with Gasteiger partial charge in [-0.05, 0) is 18.1 Å². The van der Waals surface area contributed by atoms with Crippen molar-refractivity contribution in [1.82, 2.24) is 10.2 Å². The number of furan rings is 1. The maximum atomic E-state index is 5.88. The van der Waals surface area contributed by atoms with E-state index in [2.05, 4.69) is 10.2 Å². The van der Waals surface area contributed by atoms with E-state index in [-0.39, 0.29) is 12.0 Å². The van der Waals surface area contributed by atoms with Crippen LogP contribution in [0.3, 0.4) is 0 Å². The van der Waals surface area contributed by atoms with Crippen LogP contribution in [0.15, 0.2) is 27.2 Å². The minimum Gasteiger partial charge on any atom is -0.459 e. The Bertz CT molecular complexity index is 420. The molecule has 0 aliphatic rings. The Balaban J connectivity index is 2.25. The summed E-state index contributed by atoms with van der Waals surface area (Å²) in [5, 5.41) is 7.76. The Kier molecular flexibility index (Phi) is 2.55. The quantitative estimate of drug-likeness (QED) is 0.832. The van der Waals surface area contributed by atoms with Crippen molar-refractivity contribution in [3.05, 3.63) is 24.3 Å². The average molecular weight is 207 g/mol. The lowest BCUT2D eigenvalue weighted by Crippen LogP contribution is -2.16. The van der Waals surface area contributed by atoms with E-state index < -0.39 is 0 Å². The number of hydrogen-bond donors (Lipinski definition) is 1. The third kappa shape index (κ3) is 1.92. The molecule has 5 heteroatoms. The summed E-state index contributed by atoms with van der Waals surface area (Å²) in [5.74, 6) is 1.63. The van der Waals surface area contributed by atoms with Crippen LogP contribution in [-0.4, -0.2) is 10.2 Å². The fourth-order valence-corrected chi connectivity index (χ4v) is 1.15. The normalized spacial score (nSPS) is 13.3. The summed E-state index contributed by atoms with van der Waals surface area (Å²) < 4.78 is 10.5. The van der Waals surface area contributed by atoms with Gasteiger partial charge in [0, 0.05) is 0 Å². The Morgan fingerprint density at radius 1 is 1.33 bits per heavy atom. The first-order valence-electron chi connectivity index (χ1n) is 4.81. The second-order valence-corrected chi connectivity index (χ2v) is 3.69. The molecule has 2 aromatic rings. The van der Waals surface area contributed by atoms with Crippen LogP contribution >= 0.6 is 0 Å². The van der Waals surface area contributed by atoms with Crippen molar-refractivity contribution in [3.63, 3.8) is 0 Å². The highest BCUT2D eigenvalue weighted by molar-refractivity contribution is 5.42. The van der Waals surface area contributed by atoms with Gasteiger partial charge in [0.15, 0.2) is 5.76 Å². The Morgan fingerprint density at radius 2 is 2.13 bits per heavy atom. The maximum Gasteiger partial charge on any atom is 0.283 e. The molecule has 0 saturated heterocycles. The van der Waals surface area contributed by atoms with Crippen LogP contribution in [0.2, 0.25) is 0 Å². The third-order valence-electron chi connectivity index (χ3n) is 2.18. The Morgan fingerprint density at radius 3 is 2.73 bits per heavy atom. The highest BCUT2D eigenvalue weighted by Gasteiger charge is 2.19. The molecular weight excluding hydrogens is 194 g/mol. The zero-order valence-corrected chi connectivity index (χ0v) is 8.68. The van der Waals surface area contributed by atoms with Crippen molar-refractivity contribution < 1.29 is 8.83 Å². The number of hydrogen-bond acceptors (Lipinski definition) is 5. The third-order valence-corrected chi connectivity index (χ3v) is 2.18. The fraction of sp³-hybridized carbons (Fsp3) is 0.400. The van der Waals surface area contributed by atoms with Crippen LogP contribution in [0.25, 0.3) is 11.7 Å². The lowest BCUT2D eigenvalue weighted by molar-refractivity contribution is 0.389. The number of nitrogens with two attached hydrogens (primary N) is 1. The van der Waals surface area contributed by atoms with Crippen LogP contribution < -0.4 is 5.73 Å². The molecular formula is C10H13N3O2. The molecule has 0 bridgehead atoms. The van der Waals surface area contributed by atoms with Gasteiger partial charge in [0.2, 0.25) is 5.89 Å². The summed E-state index contributed by atoms with van der Waals surface area (Å²) in [7, 11) is 0. The summed E-state index contributed by atoms with van der Waals surface area (Å²) in [6.07, 6.45) is 1.56. The van der Waals surface area contributed by atoms with Crippen molar-refractivity contribution >= 4 is 0 Å². The molecule has 5 nitrogen and oxygen atoms in total. The molecule has 15 heavy (non-hydrogen) atoms. The molecule has 2 rings (SSSR count). The largest absolute Gasteiger partial charge is 0.459 e. The van der Waals surface area contributed by atoms with Gasteiger partial charge < -0.3 is 14.6 Å². The average Bonchev–Trinajstić information content (AvgIpc) is 2.86. The Labute approximate surface area is 87.3 Å². The van der Waals surface area contributed by atoms with Crippen molar-refractivity contribution in [2.45, 2.75) is 19.9 Å². The molecule has 0 radical (unpaired) electrons. The molecule has 0 aliphatic carbocycles. The molecule has 2 N–H and O–H groups in total. The SMILES string of the molecule is CC(C)[C@H](N)c1nnc(-c2ccco2)o1. The highest BCUT2D eigenvalue weighted by atomic mass is 16.4. The topological polar surface area (TPSA) is 78.1 Å². The van der Waals surface area contributed by atoms with E-state index in [1.165, 1.54) is 0 Å². The van der Waals surface area contributed by atoms with Gasteiger partial charge >= 0.3 is 0 Å². The summed E-state index contributed by atoms with van der Waals surface area (Å²) in [4.78, 5) is 0. The molecule has 0 amide bonds. The zero-order valence-electron chi connectivity index (χ0n) is 8.68. The van der Waals surface area contributed by atoms with Gasteiger partial charge in [-0.15, -0.1) is 10.2 Å². The first kappa shape index (κ1) is 9.92. The number of nitrogens with zero attached hydrogens (tertiary/aromatic N) is 2. The predicted octanol–water partition coefficient (Wildman–Crippen LogP) is 1.99. The summed E-state index contributed by atoms with van der Waals surface area (Å²) in [6.45, 7) is 4.00. The fourth-order valence-electron chi connectivity index (χ4n) is 1.15. The number of aromatic nitrogens is 2. The van der Waals surface area contributed by atoms with Gasteiger partial charge in [0.25, 0.3) is 5.89 Å². The minimum atomic E-state index is -0.235. The molecule has 2 heterocycles. The molecule has 80 valence electrons. The second kappa shape index (κ2) is 3.86. The van der Waals surface area contributed by atoms with Crippen molar-refractivity contribution in [2.75, 3.05) is 0 Å². The van der Waals surface area contributed by atoms with E-state index in [0.717, 1.165) is 0 Å². The van der Waals surface area contributed by atoms with E-state index in [1.807, 2.05) is 13.8 Å². The summed E-state index contributed by atoms with van der Waals surface area (Å²) >= 11 is 0. The predicted molar refractivity (Wildman–Crippen MR) is 53.8 cm³/mol. The van der Waals surface area contributed by atoms with Crippen LogP contribution in [0, 0.1) is 5.92 Å². The first-order chi connectivity index (χ1) is 7.18. The van der Waals surface area contributed by atoms with Gasteiger partial charge in [-0.2, -0.15) is 0 Å². The molecule has 0 aromatic carbocycles. The van der Waals surface area contributed by atoms with E-state index in [0.29, 0.717) is 17.5 Å². The van der Waals surface area contributed by atoms with E-state index in [9.17, 15) is 0 Å². The van der Waals surface area contributed by atoms with Crippen molar-refractivity contribution in [2.24, 2.45) is 11.7 Å². The monoisotopic (exact) mass is 207 g/mol. The minimum absolute atomic E-state index is 0.235.